The van der Waals surface area contributed by atoms with Crippen LogP contribution in [0.1, 0.15) is 16.7 Å². The van der Waals surface area contributed by atoms with Gasteiger partial charge < -0.3 is 5.73 Å². The highest BCUT2D eigenvalue weighted by atomic mass is 16.1. The fraction of sp³-hybridized carbons (Fsp3) is 0.176. The average Bonchev–Trinajstić information content (AvgIpc) is 2.47. The lowest BCUT2D eigenvalue weighted by Gasteiger charge is -2.11. The number of nitrogens with zero attached hydrogens (tertiary/aromatic N) is 2. The molecule has 0 saturated carbocycles. The molecule has 0 aliphatic heterocycles. The monoisotopic (exact) mass is 279 g/mol. The number of aryl methyl sites for hydroxylation is 2. The molecule has 3 aromatic rings. The van der Waals surface area contributed by atoms with Crippen molar-refractivity contribution in [3.05, 3.63) is 69.5 Å². The molecule has 21 heavy (non-hydrogen) atoms. The second-order valence-electron chi connectivity index (χ2n) is 5.30. The smallest absolute Gasteiger partial charge is 0.263 e. The number of nitrogens with two attached hydrogens (primary N) is 1. The van der Waals surface area contributed by atoms with Crippen molar-refractivity contribution in [3.8, 4) is 0 Å². The van der Waals surface area contributed by atoms with Crippen molar-refractivity contribution in [2.45, 2.75) is 20.4 Å². The zero-order valence-electron chi connectivity index (χ0n) is 12.1. The third-order valence-corrected chi connectivity index (χ3v) is 3.80. The summed E-state index contributed by atoms with van der Waals surface area (Å²) < 4.78 is 1.52. The summed E-state index contributed by atoms with van der Waals surface area (Å²) in [7, 11) is 0. The highest BCUT2D eigenvalue weighted by molar-refractivity contribution is 5.78. The van der Waals surface area contributed by atoms with Crippen LogP contribution in [0.3, 0.4) is 0 Å². The second-order valence-corrected chi connectivity index (χ2v) is 5.30. The van der Waals surface area contributed by atoms with Crippen LogP contribution in [0.5, 0.6) is 0 Å². The molecule has 1 heterocycles. The van der Waals surface area contributed by atoms with Gasteiger partial charge in [-0.05, 0) is 42.7 Å². The average molecular weight is 279 g/mol. The maximum Gasteiger partial charge on any atom is 0.263 e. The van der Waals surface area contributed by atoms with E-state index in [4.69, 9.17) is 5.73 Å². The Bertz CT molecular complexity index is 881. The summed E-state index contributed by atoms with van der Waals surface area (Å²) in [4.78, 5) is 16.9. The van der Waals surface area contributed by atoms with Gasteiger partial charge in [0.2, 0.25) is 5.95 Å². The predicted molar refractivity (Wildman–Crippen MR) is 85.4 cm³/mol. The minimum Gasteiger partial charge on any atom is -0.369 e. The van der Waals surface area contributed by atoms with Gasteiger partial charge in [-0.15, -0.1) is 0 Å². The number of benzene rings is 2. The van der Waals surface area contributed by atoms with Gasteiger partial charge in [-0.2, -0.15) is 0 Å². The number of anilines is 1. The molecular formula is C17H17N3O. The molecule has 0 amide bonds. The Morgan fingerprint density at radius 1 is 1.10 bits per heavy atom. The highest BCUT2D eigenvalue weighted by Crippen LogP contribution is 2.13. The van der Waals surface area contributed by atoms with E-state index < -0.39 is 0 Å². The third-order valence-electron chi connectivity index (χ3n) is 3.80. The van der Waals surface area contributed by atoms with Crippen LogP contribution in [0.15, 0.2) is 47.3 Å². The number of nitrogen functional groups attached to an aromatic ring is 1. The van der Waals surface area contributed by atoms with Crippen LogP contribution in [-0.4, -0.2) is 9.55 Å². The SMILES string of the molecule is Cc1ccc(Cn2c(N)nc3ccccc3c2=O)cc1C. The fourth-order valence-electron chi connectivity index (χ4n) is 2.42. The van der Waals surface area contributed by atoms with Gasteiger partial charge >= 0.3 is 0 Å². The number of aromatic nitrogens is 2. The van der Waals surface area contributed by atoms with E-state index in [2.05, 4.69) is 31.0 Å². The summed E-state index contributed by atoms with van der Waals surface area (Å²) in [5, 5.41) is 0.593. The van der Waals surface area contributed by atoms with Crippen LogP contribution in [0, 0.1) is 13.8 Å². The molecule has 3 rings (SSSR count). The molecule has 106 valence electrons. The molecule has 0 fully saturated rings. The number of hydrogen-bond donors (Lipinski definition) is 1. The van der Waals surface area contributed by atoms with Gasteiger partial charge in [0.1, 0.15) is 0 Å². The van der Waals surface area contributed by atoms with Gasteiger partial charge in [-0.1, -0.05) is 30.3 Å². The summed E-state index contributed by atoms with van der Waals surface area (Å²) in [6.45, 7) is 4.56. The molecule has 1 aromatic heterocycles. The van der Waals surface area contributed by atoms with Crippen LogP contribution in [0.4, 0.5) is 5.95 Å². The van der Waals surface area contributed by atoms with Crippen LogP contribution in [-0.2, 0) is 6.54 Å². The molecule has 0 aliphatic rings. The van der Waals surface area contributed by atoms with E-state index in [9.17, 15) is 4.79 Å². The summed E-state index contributed by atoms with van der Waals surface area (Å²) in [6.07, 6.45) is 0. The molecule has 0 aliphatic carbocycles. The lowest BCUT2D eigenvalue weighted by molar-refractivity contribution is 0.763. The molecular weight excluding hydrogens is 262 g/mol. The Labute approximate surface area is 122 Å². The predicted octanol–water partition coefficient (Wildman–Crippen LogP) is 2.64. The third kappa shape index (κ3) is 2.40. The summed E-state index contributed by atoms with van der Waals surface area (Å²) >= 11 is 0. The number of para-hydroxylation sites is 1. The molecule has 0 unspecified atom stereocenters. The Balaban J connectivity index is 2.12. The maximum atomic E-state index is 12.5. The summed E-state index contributed by atoms with van der Waals surface area (Å²) in [6, 6.07) is 13.4. The highest BCUT2D eigenvalue weighted by Gasteiger charge is 2.09. The number of hydrogen-bond acceptors (Lipinski definition) is 3. The van der Waals surface area contributed by atoms with Crippen molar-refractivity contribution < 1.29 is 0 Å². The van der Waals surface area contributed by atoms with Crippen LogP contribution >= 0.6 is 0 Å². The first-order valence-electron chi connectivity index (χ1n) is 6.87. The van der Waals surface area contributed by atoms with Crippen molar-refractivity contribution in [2.75, 3.05) is 5.73 Å². The van der Waals surface area contributed by atoms with Gasteiger partial charge in [0.15, 0.2) is 0 Å². The molecule has 0 saturated heterocycles. The first kappa shape index (κ1) is 13.4. The lowest BCUT2D eigenvalue weighted by atomic mass is 10.1. The second kappa shape index (κ2) is 5.05. The van der Waals surface area contributed by atoms with Gasteiger partial charge in [0.25, 0.3) is 5.56 Å². The zero-order chi connectivity index (χ0) is 15.0. The summed E-state index contributed by atoms with van der Waals surface area (Å²) in [5.41, 5.74) is 9.97. The Kier molecular flexibility index (Phi) is 3.22. The van der Waals surface area contributed by atoms with E-state index in [1.54, 1.807) is 12.1 Å². The molecule has 4 heteroatoms. The zero-order valence-corrected chi connectivity index (χ0v) is 12.1. The summed E-state index contributed by atoms with van der Waals surface area (Å²) in [5.74, 6) is 0.247. The molecule has 0 spiro atoms. The lowest BCUT2D eigenvalue weighted by Crippen LogP contribution is -2.25. The number of rotatable bonds is 2. The van der Waals surface area contributed by atoms with E-state index in [1.807, 2.05) is 18.2 Å². The quantitative estimate of drug-likeness (QED) is 0.784. The standard InChI is InChI=1S/C17H17N3O/c1-11-7-8-13(9-12(11)2)10-20-16(21)14-5-3-4-6-15(14)19-17(20)18/h3-9H,10H2,1-2H3,(H2,18,19). The van der Waals surface area contributed by atoms with E-state index in [-0.39, 0.29) is 11.5 Å². The molecule has 0 radical (unpaired) electrons. The first-order chi connectivity index (χ1) is 10.1. The molecule has 4 nitrogen and oxygen atoms in total. The normalized spacial score (nSPS) is 11.0. The Morgan fingerprint density at radius 3 is 2.62 bits per heavy atom. The van der Waals surface area contributed by atoms with Crippen molar-refractivity contribution in [1.29, 1.82) is 0 Å². The van der Waals surface area contributed by atoms with Gasteiger partial charge in [0.05, 0.1) is 17.4 Å². The molecule has 0 atom stereocenters. The van der Waals surface area contributed by atoms with Gasteiger partial charge in [-0.3, -0.25) is 9.36 Å². The number of fused-ring (bicyclic) bond motifs is 1. The van der Waals surface area contributed by atoms with Crippen molar-refractivity contribution in [2.24, 2.45) is 0 Å². The Hall–Kier alpha value is -2.62. The van der Waals surface area contributed by atoms with Crippen LogP contribution in [0.25, 0.3) is 10.9 Å². The van der Waals surface area contributed by atoms with E-state index in [1.165, 1.54) is 15.7 Å². The van der Waals surface area contributed by atoms with E-state index in [0.717, 1.165) is 5.56 Å². The van der Waals surface area contributed by atoms with Crippen molar-refractivity contribution in [3.63, 3.8) is 0 Å². The molecule has 2 N–H and O–H groups in total. The minimum absolute atomic E-state index is 0.101. The van der Waals surface area contributed by atoms with E-state index in [0.29, 0.717) is 17.4 Å². The molecule has 0 bridgehead atoms. The fourth-order valence-corrected chi connectivity index (χ4v) is 2.42. The first-order valence-corrected chi connectivity index (χ1v) is 6.87. The van der Waals surface area contributed by atoms with Crippen molar-refractivity contribution >= 4 is 16.9 Å². The molecule has 2 aromatic carbocycles. The topological polar surface area (TPSA) is 60.9 Å². The van der Waals surface area contributed by atoms with Crippen molar-refractivity contribution in [1.82, 2.24) is 9.55 Å². The minimum atomic E-state index is -0.101. The van der Waals surface area contributed by atoms with Gasteiger partial charge in [0, 0.05) is 0 Å². The van der Waals surface area contributed by atoms with E-state index >= 15 is 0 Å². The van der Waals surface area contributed by atoms with Crippen LogP contribution < -0.4 is 11.3 Å². The van der Waals surface area contributed by atoms with Gasteiger partial charge in [-0.25, -0.2) is 4.98 Å². The maximum absolute atomic E-state index is 12.5. The largest absolute Gasteiger partial charge is 0.369 e. The van der Waals surface area contributed by atoms with Crippen LogP contribution in [0.2, 0.25) is 0 Å². The Morgan fingerprint density at radius 2 is 1.86 bits per heavy atom.